The highest BCUT2D eigenvalue weighted by molar-refractivity contribution is 5.94. The van der Waals surface area contributed by atoms with Crippen molar-refractivity contribution in [3.8, 4) is 28.4 Å². The van der Waals surface area contributed by atoms with Crippen LogP contribution in [0.1, 0.15) is 60.9 Å². The minimum Gasteiger partial charge on any atom is -0.488 e. The SMILES string of the molecule is CCOC(=O)c1cccc(-c2c(C=O)cccc2OCc2ccc(OCC=C(C)C)c(OCC=C(C)C)c2)c1. The summed E-state index contributed by atoms with van der Waals surface area (Å²) in [5.74, 6) is 1.38. The molecule has 0 amide bonds. The zero-order valence-corrected chi connectivity index (χ0v) is 23.3. The smallest absolute Gasteiger partial charge is 0.338 e. The Kier molecular flexibility index (Phi) is 10.9. The molecule has 39 heavy (non-hydrogen) atoms. The molecular weight excluding hydrogens is 492 g/mol. The lowest BCUT2D eigenvalue weighted by atomic mass is 9.97. The monoisotopic (exact) mass is 528 g/mol. The predicted molar refractivity (Wildman–Crippen MR) is 154 cm³/mol. The largest absolute Gasteiger partial charge is 0.488 e. The molecule has 6 heteroatoms. The standard InChI is InChI=1S/C33H36O6/c1-6-36-33(35)27-10-7-9-26(20-27)32-28(21-34)11-8-12-30(32)39-22-25-13-14-29(37-17-15-23(2)3)31(19-25)38-18-16-24(4)5/h7-16,19-21H,6,17-18,22H2,1-5H3. The van der Waals surface area contributed by atoms with Crippen molar-refractivity contribution < 1.29 is 28.5 Å². The van der Waals surface area contributed by atoms with Crippen LogP contribution in [0.2, 0.25) is 0 Å². The van der Waals surface area contributed by atoms with E-state index in [9.17, 15) is 9.59 Å². The van der Waals surface area contributed by atoms with E-state index in [1.165, 1.54) is 5.57 Å². The van der Waals surface area contributed by atoms with Crippen LogP contribution in [0, 0.1) is 0 Å². The van der Waals surface area contributed by atoms with E-state index in [4.69, 9.17) is 18.9 Å². The molecule has 0 aliphatic carbocycles. The number of hydrogen-bond donors (Lipinski definition) is 0. The molecule has 0 fully saturated rings. The van der Waals surface area contributed by atoms with Crippen LogP contribution in [0.15, 0.2) is 84.0 Å². The van der Waals surface area contributed by atoms with Crippen LogP contribution in [0.3, 0.4) is 0 Å². The van der Waals surface area contributed by atoms with Crippen molar-refractivity contribution in [1.29, 1.82) is 0 Å². The van der Waals surface area contributed by atoms with Gasteiger partial charge in [-0.25, -0.2) is 4.79 Å². The molecule has 0 aliphatic rings. The number of ether oxygens (including phenoxy) is 4. The van der Waals surface area contributed by atoms with Crippen molar-refractivity contribution >= 4 is 12.3 Å². The van der Waals surface area contributed by atoms with Gasteiger partial charge < -0.3 is 18.9 Å². The predicted octanol–water partition coefficient (Wildman–Crippen LogP) is 7.61. The molecule has 0 saturated carbocycles. The summed E-state index contributed by atoms with van der Waals surface area (Å²) in [5.41, 5.74) is 5.38. The summed E-state index contributed by atoms with van der Waals surface area (Å²) in [6.07, 6.45) is 4.80. The normalized spacial score (nSPS) is 10.3. The van der Waals surface area contributed by atoms with Gasteiger partial charge in [-0.2, -0.15) is 0 Å². The number of carbonyl (C=O) groups excluding carboxylic acids is 2. The molecule has 0 radical (unpaired) electrons. The van der Waals surface area contributed by atoms with Gasteiger partial charge in [0.2, 0.25) is 0 Å². The number of hydrogen-bond acceptors (Lipinski definition) is 6. The van der Waals surface area contributed by atoms with Crippen LogP contribution >= 0.6 is 0 Å². The number of benzene rings is 3. The third-order valence-electron chi connectivity index (χ3n) is 5.71. The average Bonchev–Trinajstić information content (AvgIpc) is 2.92. The van der Waals surface area contributed by atoms with Gasteiger partial charge in [0.05, 0.1) is 12.2 Å². The van der Waals surface area contributed by atoms with Crippen molar-refractivity contribution in [2.24, 2.45) is 0 Å². The molecular formula is C33H36O6. The zero-order valence-electron chi connectivity index (χ0n) is 23.3. The van der Waals surface area contributed by atoms with Gasteiger partial charge in [0.15, 0.2) is 17.8 Å². The quantitative estimate of drug-likeness (QED) is 0.129. The number of esters is 1. The zero-order chi connectivity index (χ0) is 28.2. The Morgan fingerprint density at radius 3 is 2.13 bits per heavy atom. The van der Waals surface area contributed by atoms with Gasteiger partial charge in [-0.05, 0) is 88.2 Å². The van der Waals surface area contributed by atoms with Crippen LogP contribution in [0.25, 0.3) is 11.1 Å². The molecule has 0 spiro atoms. The molecule has 0 bridgehead atoms. The highest BCUT2D eigenvalue weighted by Gasteiger charge is 2.15. The lowest BCUT2D eigenvalue weighted by molar-refractivity contribution is 0.0526. The fourth-order valence-electron chi connectivity index (χ4n) is 3.72. The average molecular weight is 529 g/mol. The molecule has 0 saturated heterocycles. The Balaban J connectivity index is 1.89. The van der Waals surface area contributed by atoms with Gasteiger partial charge >= 0.3 is 5.97 Å². The third kappa shape index (κ3) is 8.60. The Morgan fingerprint density at radius 2 is 1.46 bits per heavy atom. The van der Waals surface area contributed by atoms with Gasteiger partial charge in [-0.15, -0.1) is 0 Å². The summed E-state index contributed by atoms with van der Waals surface area (Å²) in [4.78, 5) is 24.2. The van der Waals surface area contributed by atoms with E-state index < -0.39 is 5.97 Å². The van der Waals surface area contributed by atoms with E-state index in [1.54, 1.807) is 37.3 Å². The minimum atomic E-state index is -0.419. The highest BCUT2D eigenvalue weighted by atomic mass is 16.5. The van der Waals surface area contributed by atoms with Gasteiger partial charge in [-0.1, -0.05) is 41.5 Å². The van der Waals surface area contributed by atoms with Gasteiger partial charge in [0.1, 0.15) is 25.6 Å². The van der Waals surface area contributed by atoms with Crippen LogP contribution in [-0.2, 0) is 11.3 Å². The molecule has 3 aromatic rings. The second-order valence-electron chi connectivity index (χ2n) is 9.39. The number of allylic oxidation sites excluding steroid dienone is 2. The first-order chi connectivity index (χ1) is 18.8. The maximum Gasteiger partial charge on any atom is 0.338 e. The van der Waals surface area contributed by atoms with Crippen molar-refractivity contribution in [2.45, 2.75) is 41.2 Å². The van der Waals surface area contributed by atoms with Crippen LogP contribution in [0.4, 0.5) is 0 Å². The summed E-state index contributed by atoms with van der Waals surface area (Å²) in [5, 5.41) is 0. The highest BCUT2D eigenvalue weighted by Crippen LogP contribution is 2.35. The maximum absolute atomic E-state index is 12.3. The molecule has 0 atom stereocenters. The molecule has 0 unspecified atom stereocenters. The summed E-state index contributed by atoms with van der Waals surface area (Å²) in [6.45, 7) is 11.2. The van der Waals surface area contributed by atoms with Crippen molar-refractivity contribution in [3.05, 3.63) is 101 Å². The molecule has 6 nitrogen and oxygen atoms in total. The Hall–Kier alpha value is -4.32. The van der Waals surface area contributed by atoms with Crippen molar-refractivity contribution in [1.82, 2.24) is 0 Å². The van der Waals surface area contributed by atoms with Gasteiger partial charge in [-0.3, -0.25) is 4.79 Å². The van der Waals surface area contributed by atoms with Crippen molar-refractivity contribution in [2.75, 3.05) is 19.8 Å². The first-order valence-electron chi connectivity index (χ1n) is 13.0. The van der Waals surface area contributed by atoms with E-state index in [2.05, 4.69) is 0 Å². The molecule has 204 valence electrons. The molecule has 0 N–H and O–H groups in total. The van der Waals surface area contributed by atoms with E-state index >= 15 is 0 Å². The second kappa shape index (κ2) is 14.6. The number of carbonyl (C=O) groups is 2. The molecule has 3 rings (SSSR count). The van der Waals surface area contributed by atoms with E-state index in [0.29, 0.717) is 52.7 Å². The van der Waals surface area contributed by atoms with Crippen LogP contribution < -0.4 is 14.2 Å². The first kappa shape index (κ1) is 29.2. The Morgan fingerprint density at radius 1 is 0.769 bits per heavy atom. The second-order valence-corrected chi connectivity index (χ2v) is 9.39. The van der Waals surface area contributed by atoms with Crippen molar-refractivity contribution in [3.63, 3.8) is 0 Å². The number of rotatable bonds is 13. The molecule has 0 aromatic heterocycles. The lowest BCUT2D eigenvalue weighted by Crippen LogP contribution is -2.05. The van der Waals surface area contributed by atoms with Gasteiger partial charge in [0.25, 0.3) is 0 Å². The minimum absolute atomic E-state index is 0.236. The fourth-order valence-corrected chi connectivity index (χ4v) is 3.72. The topological polar surface area (TPSA) is 71.1 Å². The summed E-state index contributed by atoms with van der Waals surface area (Å²) in [6, 6.07) is 18.0. The van der Waals surface area contributed by atoms with E-state index in [1.807, 2.05) is 70.2 Å². The lowest BCUT2D eigenvalue weighted by Gasteiger charge is -2.16. The Labute approximate surface area is 230 Å². The number of aldehydes is 1. The third-order valence-corrected chi connectivity index (χ3v) is 5.71. The van der Waals surface area contributed by atoms with Crippen LogP contribution in [-0.4, -0.2) is 32.1 Å². The first-order valence-corrected chi connectivity index (χ1v) is 13.0. The van der Waals surface area contributed by atoms with E-state index in [0.717, 1.165) is 17.4 Å². The molecule has 3 aromatic carbocycles. The summed E-state index contributed by atoms with van der Waals surface area (Å²) >= 11 is 0. The van der Waals surface area contributed by atoms with Crippen LogP contribution in [0.5, 0.6) is 17.2 Å². The van der Waals surface area contributed by atoms with Gasteiger partial charge in [0, 0.05) is 11.1 Å². The molecule has 0 heterocycles. The summed E-state index contributed by atoms with van der Waals surface area (Å²) < 4.78 is 23.3. The molecule has 0 aliphatic heterocycles. The fraction of sp³-hybridized carbons (Fsp3) is 0.273. The summed E-state index contributed by atoms with van der Waals surface area (Å²) in [7, 11) is 0. The van der Waals surface area contributed by atoms with E-state index in [-0.39, 0.29) is 13.2 Å². The Bertz CT molecular complexity index is 1340. The maximum atomic E-state index is 12.3.